The molecule has 0 atom stereocenters. The molecule has 3 aromatic heterocycles. The van der Waals surface area contributed by atoms with Gasteiger partial charge in [-0.3, -0.25) is 0 Å². The lowest BCUT2D eigenvalue weighted by atomic mass is 10.2. The van der Waals surface area contributed by atoms with Crippen LogP contribution in [0.25, 0.3) is 16.3 Å². The average molecular weight is 324 g/mol. The molecule has 22 heavy (non-hydrogen) atoms. The molecule has 6 heteroatoms. The van der Waals surface area contributed by atoms with Gasteiger partial charge in [0.05, 0.1) is 4.88 Å². The predicted molar refractivity (Wildman–Crippen MR) is 90.1 cm³/mol. The van der Waals surface area contributed by atoms with Gasteiger partial charge in [-0.25, -0.2) is 0 Å². The molecule has 108 valence electrons. The largest absolute Gasteiger partial charge is 0.195 e. The third kappa shape index (κ3) is 2.63. The van der Waals surface area contributed by atoms with Crippen LogP contribution in [-0.2, 0) is 5.75 Å². The van der Waals surface area contributed by atoms with Crippen LogP contribution >= 0.6 is 23.1 Å². The number of thiophene rings is 1. The minimum Gasteiger partial charge on any atom is -0.191 e. The summed E-state index contributed by atoms with van der Waals surface area (Å²) in [7, 11) is 0. The maximum absolute atomic E-state index is 4.67. The molecule has 4 nitrogen and oxygen atoms in total. The van der Waals surface area contributed by atoms with E-state index in [0.29, 0.717) is 0 Å². The van der Waals surface area contributed by atoms with Crippen molar-refractivity contribution in [3.8, 4) is 10.7 Å². The zero-order chi connectivity index (χ0) is 14.8. The number of fused-ring (bicyclic) bond motifs is 1. The fraction of sp³-hybridized carbons (Fsp3) is 0.0625. The fourth-order valence-electron chi connectivity index (χ4n) is 2.14. The summed E-state index contributed by atoms with van der Waals surface area (Å²) in [6.07, 6.45) is 0. The molecular formula is C16H12N4S2. The monoisotopic (exact) mass is 324 g/mol. The smallest absolute Gasteiger partial charge is 0.191 e. The molecule has 0 N–H and O–H groups in total. The minimum atomic E-state index is 0.771. The number of nitrogens with zero attached hydrogens (tertiary/aromatic N) is 4. The number of benzene rings is 1. The highest BCUT2D eigenvalue weighted by molar-refractivity contribution is 7.98. The molecule has 3 heterocycles. The molecule has 0 radical (unpaired) electrons. The van der Waals surface area contributed by atoms with E-state index in [9.17, 15) is 0 Å². The molecular weight excluding hydrogens is 312 g/mol. The Hall–Kier alpha value is -2.18. The van der Waals surface area contributed by atoms with E-state index in [0.717, 1.165) is 27.1 Å². The van der Waals surface area contributed by atoms with Crippen molar-refractivity contribution in [1.82, 2.24) is 19.8 Å². The van der Waals surface area contributed by atoms with Crippen molar-refractivity contribution in [2.75, 3.05) is 0 Å². The van der Waals surface area contributed by atoms with Gasteiger partial charge in [0.15, 0.2) is 11.5 Å². The Kier molecular flexibility index (Phi) is 3.62. The normalized spacial score (nSPS) is 11.1. The molecule has 1 aromatic carbocycles. The number of thioether (sulfide) groups is 1. The van der Waals surface area contributed by atoms with Gasteiger partial charge in [0, 0.05) is 5.75 Å². The van der Waals surface area contributed by atoms with E-state index in [4.69, 9.17) is 0 Å². The molecule has 0 aliphatic rings. The van der Waals surface area contributed by atoms with Crippen LogP contribution < -0.4 is 0 Å². The number of rotatable bonds is 4. The van der Waals surface area contributed by atoms with Crippen LogP contribution in [0, 0.1) is 0 Å². The third-order valence-electron chi connectivity index (χ3n) is 3.21. The zero-order valence-corrected chi connectivity index (χ0v) is 13.2. The standard InChI is InChI=1S/C16H12N4S2/c1-2-5-12(6-3-1)11-22-15-9-8-14-17-18-16(20(14)19-15)13-7-4-10-21-13/h1-10H,11H2. The van der Waals surface area contributed by atoms with Crippen molar-refractivity contribution >= 4 is 28.7 Å². The lowest BCUT2D eigenvalue weighted by Gasteiger charge is -2.02. The summed E-state index contributed by atoms with van der Waals surface area (Å²) in [5.41, 5.74) is 2.06. The van der Waals surface area contributed by atoms with Crippen molar-refractivity contribution in [3.05, 3.63) is 65.5 Å². The van der Waals surface area contributed by atoms with Crippen molar-refractivity contribution < 1.29 is 0 Å². The van der Waals surface area contributed by atoms with E-state index in [2.05, 4.69) is 39.6 Å². The molecule has 0 fully saturated rings. The van der Waals surface area contributed by atoms with Crippen LogP contribution in [0.1, 0.15) is 5.56 Å². The van der Waals surface area contributed by atoms with Gasteiger partial charge in [-0.15, -0.1) is 21.5 Å². The second kappa shape index (κ2) is 5.90. The van der Waals surface area contributed by atoms with Crippen molar-refractivity contribution in [1.29, 1.82) is 0 Å². The van der Waals surface area contributed by atoms with Gasteiger partial charge in [0.1, 0.15) is 5.03 Å². The molecule has 4 aromatic rings. The lowest BCUT2D eigenvalue weighted by Crippen LogP contribution is -1.95. The van der Waals surface area contributed by atoms with E-state index in [1.165, 1.54) is 5.56 Å². The zero-order valence-electron chi connectivity index (χ0n) is 11.6. The SMILES string of the molecule is c1ccc(CSc2ccc3nnc(-c4cccs4)n3n2)cc1. The summed E-state index contributed by atoms with van der Waals surface area (Å²) in [4.78, 5) is 1.07. The van der Waals surface area contributed by atoms with Crippen molar-refractivity contribution in [3.63, 3.8) is 0 Å². The van der Waals surface area contributed by atoms with Gasteiger partial charge in [0.25, 0.3) is 0 Å². The summed E-state index contributed by atoms with van der Waals surface area (Å²) < 4.78 is 1.82. The second-order valence-electron chi connectivity index (χ2n) is 4.72. The summed E-state index contributed by atoms with van der Waals surface area (Å²) in [6.45, 7) is 0. The van der Waals surface area contributed by atoms with Gasteiger partial charge in [-0.1, -0.05) is 48.2 Å². The third-order valence-corrected chi connectivity index (χ3v) is 5.07. The van der Waals surface area contributed by atoms with Gasteiger partial charge in [-0.2, -0.15) is 9.61 Å². The quantitative estimate of drug-likeness (QED) is 0.529. The van der Waals surface area contributed by atoms with Crippen LogP contribution in [0.3, 0.4) is 0 Å². The number of hydrogen-bond donors (Lipinski definition) is 0. The maximum Gasteiger partial charge on any atom is 0.195 e. The molecule has 0 aliphatic carbocycles. The summed E-state index contributed by atoms with van der Waals surface area (Å²) in [5, 5.41) is 16.1. The molecule has 0 unspecified atom stereocenters. The van der Waals surface area contributed by atoms with Gasteiger partial charge >= 0.3 is 0 Å². The van der Waals surface area contributed by atoms with E-state index in [1.54, 1.807) is 23.1 Å². The van der Waals surface area contributed by atoms with E-state index >= 15 is 0 Å². The molecule has 0 spiro atoms. The summed E-state index contributed by atoms with van der Waals surface area (Å²) >= 11 is 3.36. The van der Waals surface area contributed by atoms with Crippen molar-refractivity contribution in [2.45, 2.75) is 10.8 Å². The van der Waals surface area contributed by atoms with Crippen LogP contribution in [0.2, 0.25) is 0 Å². The topological polar surface area (TPSA) is 43.1 Å². The highest BCUT2D eigenvalue weighted by atomic mass is 32.2. The molecule has 0 saturated heterocycles. The first-order chi connectivity index (χ1) is 10.9. The first-order valence-electron chi connectivity index (χ1n) is 6.83. The molecule has 0 saturated carbocycles. The highest BCUT2D eigenvalue weighted by Crippen LogP contribution is 2.25. The van der Waals surface area contributed by atoms with Crippen molar-refractivity contribution in [2.24, 2.45) is 0 Å². The maximum atomic E-state index is 4.67. The first kappa shape index (κ1) is 13.5. The first-order valence-corrected chi connectivity index (χ1v) is 8.70. The second-order valence-corrected chi connectivity index (χ2v) is 6.66. The predicted octanol–water partition coefficient (Wildman–Crippen LogP) is 4.15. The molecule has 4 rings (SSSR count). The van der Waals surface area contributed by atoms with Crippen LogP contribution in [0.15, 0.2) is 65.0 Å². The Balaban J connectivity index is 1.64. The van der Waals surface area contributed by atoms with Crippen LogP contribution in [0.5, 0.6) is 0 Å². The van der Waals surface area contributed by atoms with Crippen LogP contribution in [-0.4, -0.2) is 19.8 Å². The Morgan fingerprint density at radius 2 is 1.86 bits per heavy atom. The van der Waals surface area contributed by atoms with Crippen LogP contribution in [0.4, 0.5) is 0 Å². The van der Waals surface area contributed by atoms with Gasteiger partial charge < -0.3 is 0 Å². The lowest BCUT2D eigenvalue weighted by molar-refractivity contribution is 0.862. The fourth-order valence-corrected chi connectivity index (χ4v) is 3.64. The molecule has 0 bridgehead atoms. The Morgan fingerprint density at radius 1 is 0.955 bits per heavy atom. The summed E-state index contributed by atoms with van der Waals surface area (Å²) in [5.74, 6) is 1.70. The minimum absolute atomic E-state index is 0.771. The van der Waals surface area contributed by atoms with Gasteiger partial charge in [-0.05, 0) is 29.1 Å². The number of hydrogen-bond acceptors (Lipinski definition) is 5. The van der Waals surface area contributed by atoms with E-state index in [1.807, 2.05) is 40.2 Å². The Morgan fingerprint density at radius 3 is 2.68 bits per heavy atom. The average Bonchev–Trinajstić information content (AvgIpc) is 3.22. The highest BCUT2D eigenvalue weighted by Gasteiger charge is 2.10. The molecule has 0 aliphatic heterocycles. The molecule has 0 amide bonds. The van der Waals surface area contributed by atoms with Gasteiger partial charge in [0.2, 0.25) is 0 Å². The Bertz CT molecular complexity index is 885. The van der Waals surface area contributed by atoms with E-state index < -0.39 is 0 Å². The summed E-state index contributed by atoms with van der Waals surface area (Å²) in [6, 6.07) is 18.4. The Labute approximate surface area is 135 Å². The van der Waals surface area contributed by atoms with E-state index in [-0.39, 0.29) is 0 Å². The number of aromatic nitrogens is 4.